The lowest BCUT2D eigenvalue weighted by Crippen LogP contribution is -2.32. The highest BCUT2D eigenvalue weighted by Gasteiger charge is 2.20. The van der Waals surface area contributed by atoms with Crippen LogP contribution in [0.1, 0.15) is 23.6 Å². The third-order valence-electron chi connectivity index (χ3n) is 5.67. The van der Waals surface area contributed by atoms with Crippen LogP contribution < -0.4 is 4.90 Å². The van der Waals surface area contributed by atoms with E-state index in [2.05, 4.69) is 47.2 Å². The molecule has 0 spiro atoms. The largest absolute Gasteiger partial charge is 0.312 e. The van der Waals surface area contributed by atoms with Gasteiger partial charge in [-0.3, -0.25) is 14.3 Å². The van der Waals surface area contributed by atoms with E-state index >= 15 is 0 Å². The molecule has 0 aliphatic rings. The normalized spacial score (nSPS) is 10.9. The number of rotatable bonds is 7. The molecule has 2 aromatic carbocycles. The summed E-state index contributed by atoms with van der Waals surface area (Å²) in [5.74, 6) is 1.03. The molecule has 6 nitrogen and oxygen atoms in total. The van der Waals surface area contributed by atoms with Crippen molar-refractivity contribution in [3.63, 3.8) is 0 Å². The molecular formula is C26H27N5OS. The Morgan fingerprint density at radius 1 is 0.939 bits per heavy atom. The van der Waals surface area contributed by atoms with Crippen LogP contribution in [0, 0.1) is 20.8 Å². The third-order valence-corrected chi connectivity index (χ3v) is 6.58. The summed E-state index contributed by atoms with van der Waals surface area (Å²) in [6.45, 7) is 8.81. The molecule has 0 radical (unpaired) electrons. The molecule has 0 unspecified atom stereocenters. The summed E-state index contributed by atoms with van der Waals surface area (Å²) in [6, 6.07) is 18.1. The fraction of sp³-hybridized carbons (Fsp3) is 0.231. The molecule has 0 aliphatic carbocycles. The number of para-hydroxylation sites is 1. The maximum absolute atomic E-state index is 13.2. The summed E-state index contributed by atoms with van der Waals surface area (Å²) >= 11 is 1.40. The Balaban J connectivity index is 1.66. The van der Waals surface area contributed by atoms with Gasteiger partial charge >= 0.3 is 0 Å². The van der Waals surface area contributed by atoms with Gasteiger partial charge in [0.25, 0.3) is 0 Å². The molecule has 4 aromatic rings. The molecule has 4 rings (SSSR count). The van der Waals surface area contributed by atoms with E-state index in [9.17, 15) is 4.79 Å². The number of hydrogen-bond donors (Lipinski definition) is 0. The summed E-state index contributed by atoms with van der Waals surface area (Å²) in [5, 5.41) is 9.60. The molecule has 0 bridgehead atoms. The van der Waals surface area contributed by atoms with Crippen molar-refractivity contribution in [3.8, 4) is 17.1 Å². The van der Waals surface area contributed by atoms with E-state index in [4.69, 9.17) is 0 Å². The first-order valence-electron chi connectivity index (χ1n) is 10.9. The van der Waals surface area contributed by atoms with Crippen molar-refractivity contribution in [2.45, 2.75) is 32.9 Å². The molecule has 0 saturated heterocycles. The van der Waals surface area contributed by atoms with E-state index in [0.29, 0.717) is 11.7 Å². The van der Waals surface area contributed by atoms with Gasteiger partial charge in [0.1, 0.15) is 0 Å². The Hall–Kier alpha value is -3.45. The van der Waals surface area contributed by atoms with Crippen LogP contribution in [0.4, 0.5) is 5.69 Å². The number of amides is 1. The monoisotopic (exact) mass is 457 g/mol. The van der Waals surface area contributed by atoms with Crippen LogP contribution in [0.15, 0.2) is 72.1 Å². The predicted octanol–water partition coefficient (Wildman–Crippen LogP) is 5.40. The fourth-order valence-corrected chi connectivity index (χ4v) is 4.53. The van der Waals surface area contributed by atoms with Crippen LogP contribution in [-0.4, -0.2) is 38.0 Å². The minimum Gasteiger partial charge on any atom is -0.312 e. The number of aryl methyl sites for hydroxylation is 3. The summed E-state index contributed by atoms with van der Waals surface area (Å²) in [4.78, 5) is 19.1. The zero-order valence-corrected chi connectivity index (χ0v) is 20.1. The quantitative estimate of drug-likeness (QED) is 0.348. The van der Waals surface area contributed by atoms with E-state index in [1.807, 2.05) is 59.7 Å². The number of thioether (sulfide) groups is 1. The smallest absolute Gasteiger partial charge is 0.237 e. The third kappa shape index (κ3) is 4.83. The zero-order chi connectivity index (χ0) is 23.4. The molecule has 168 valence electrons. The predicted molar refractivity (Wildman–Crippen MR) is 134 cm³/mol. The highest BCUT2D eigenvalue weighted by Crippen LogP contribution is 2.29. The number of carbonyl (C=O) groups is 1. The van der Waals surface area contributed by atoms with Gasteiger partial charge in [0.15, 0.2) is 11.0 Å². The minimum atomic E-state index is 0.0388. The number of carbonyl (C=O) groups excluding carboxylic acids is 1. The van der Waals surface area contributed by atoms with Crippen LogP contribution in [0.3, 0.4) is 0 Å². The van der Waals surface area contributed by atoms with Crippen LogP contribution >= 0.6 is 11.8 Å². The zero-order valence-electron chi connectivity index (χ0n) is 19.3. The lowest BCUT2D eigenvalue weighted by molar-refractivity contribution is -0.116. The molecule has 0 saturated carbocycles. The molecule has 2 heterocycles. The Morgan fingerprint density at radius 2 is 1.70 bits per heavy atom. The molecule has 0 fully saturated rings. The highest BCUT2D eigenvalue weighted by atomic mass is 32.2. The maximum atomic E-state index is 13.2. The molecule has 0 atom stereocenters. The molecule has 1 amide bonds. The molecule has 33 heavy (non-hydrogen) atoms. The van der Waals surface area contributed by atoms with Crippen LogP contribution in [0.25, 0.3) is 17.1 Å². The number of hydrogen-bond acceptors (Lipinski definition) is 5. The Kier molecular flexibility index (Phi) is 6.89. The maximum Gasteiger partial charge on any atom is 0.237 e. The van der Waals surface area contributed by atoms with E-state index in [1.54, 1.807) is 12.4 Å². The van der Waals surface area contributed by atoms with Gasteiger partial charge in [-0.25, -0.2) is 0 Å². The van der Waals surface area contributed by atoms with Gasteiger partial charge in [-0.2, -0.15) is 0 Å². The second-order valence-corrected chi connectivity index (χ2v) is 8.80. The summed E-state index contributed by atoms with van der Waals surface area (Å²) in [5.41, 5.74) is 6.32. The van der Waals surface area contributed by atoms with Gasteiger partial charge in [0, 0.05) is 30.2 Å². The van der Waals surface area contributed by atoms with Crippen molar-refractivity contribution < 1.29 is 4.79 Å². The van der Waals surface area contributed by atoms with Crippen molar-refractivity contribution in [3.05, 3.63) is 83.7 Å². The van der Waals surface area contributed by atoms with Crippen LogP contribution in [0.5, 0.6) is 0 Å². The first kappa shape index (κ1) is 22.7. The summed E-state index contributed by atoms with van der Waals surface area (Å²) in [7, 11) is 0. The molecule has 2 aromatic heterocycles. The Bertz CT molecular complexity index is 1270. The number of anilines is 1. The van der Waals surface area contributed by atoms with E-state index in [-0.39, 0.29) is 11.7 Å². The molecule has 0 aliphatic heterocycles. The topological polar surface area (TPSA) is 63.9 Å². The number of pyridine rings is 1. The van der Waals surface area contributed by atoms with Crippen LogP contribution in [0.2, 0.25) is 0 Å². The van der Waals surface area contributed by atoms with Gasteiger partial charge in [-0.15, -0.1) is 10.2 Å². The van der Waals surface area contributed by atoms with Gasteiger partial charge < -0.3 is 4.90 Å². The van der Waals surface area contributed by atoms with Gasteiger partial charge in [0.05, 0.1) is 11.4 Å². The number of benzene rings is 2. The van der Waals surface area contributed by atoms with E-state index in [1.165, 1.54) is 22.9 Å². The fourth-order valence-electron chi connectivity index (χ4n) is 3.70. The Morgan fingerprint density at radius 3 is 2.39 bits per heavy atom. The van der Waals surface area contributed by atoms with Crippen molar-refractivity contribution in [2.24, 2.45) is 0 Å². The molecular weight excluding hydrogens is 430 g/mol. The SMILES string of the molecule is CCN(C(=O)CSc1nnc(-c2ccncc2)n1-c1ccc(C)c(C)c1)c1ccccc1C. The van der Waals surface area contributed by atoms with Crippen LogP contribution in [-0.2, 0) is 4.79 Å². The first-order valence-corrected chi connectivity index (χ1v) is 11.9. The van der Waals surface area contributed by atoms with E-state index in [0.717, 1.165) is 28.3 Å². The standard InChI is InChI=1S/C26H27N5OS/c1-5-30(23-9-7-6-8-19(23)3)24(32)17-33-26-29-28-25(21-12-14-27-15-13-21)31(26)22-11-10-18(2)20(4)16-22/h6-16H,5,17H2,1-4H3. The molecule has 7 heteroatoms. The Labute approximate surface area is 198 Å². The molecule has 0 N–H and O–H groups in total. The first-order chi connectivity index (χ1) is 16.0. The highest BCUT2D eigenvalue weighted by molar-refractivity contribution is 7.99. The number of nitrogens with zero attached hydrogens (tertiary/aromatic N) is 5. The number of aromatic nitrogens is 4. The average Bonchev–Trinajstić information content (AvgIpc) is 3.26. The second kappa shape index (κ2) is 10.0. The van der Waals surface area contributed by atoms with Crippen molar-refractivity contribution in [1.29, 1.82) is 0 Å². The van der Waals surface area contributed by atoms with Crippen molar-refractivity contribution in [1.82, 2.24) is 19.7 Å². The minimum absolute atomic E-state index is 0.0388. The lowest BCUT2D eigenvalue weighted by Gasteiger charge is -2.22. The second-order valence-electron chi connectivity index (χ2n) is 7.86. The average molecular weight is 458 g/mol. The van der Waals surface area contributed by atoms with E-state index < -0.39 is 0 Å². The summed E-state index contributed by atoms with van der Waals surface area (Å²) in [6.07, 6.45) is 3.48. The van der Waals surface area contributed by atoms with Crippen molar-refractivity contribution >= 4 is 23.4 Å². The van der Waals surface area contributed by atoms with Gasteiger partial charge in [-0.05, 0) is 74.7 Å². The van der Waals surface area contributed by atoms with Gasteiger partial charge in [-0.1, -0.05) is 36.0 Å². The summed E-state index contributed by atoms with van der Waals surface area (Å²) < 4.78 is 2.02. The lowest BCUT2D eigenvalue weighted by atomic mass is 10.1. The van der Waals surface area contributed by atoms with Gasteiger partial charge in [0.2, 0.25) is 5.91 Å². The van der Waals surface area contributed by atoms with Crippen molar-refractivity contribution in [2.75, 3.05) is 17.2 Å².